The van der Waals surface area contributed by atoms with Gasteiger partial charge in [0.05, 0.1) is 11.9 Å². The molecular weight excluding hydrogens is 450 g/mol. The molecule has 0 radical (unpaired) electrons. The van der Waals surface area contributed by atoms with Gasteiger partial charge in [-0.05, 0) is 43.4 Å². The van der Waals surface area contributed by atoms with E-state index in [9.17, 15) is 18.0 Å². The third-order valence-electron chi connectivity index (χ3n) is 5.53. The van der Waals surface area contributed by atoms with Crippen molar-refractivity contribution in [3.8, 4) is 0 Å². The summed E-state index contributed by atoms with van der Waals surface area (Å²) in [6.07, 6.45) is 2.29. The molecule has 34 heavy (non-hydrogen) atoms. The van der Waals surface area contributed by atoms with Crippen molar-refractivity contribution in [3.63, 3.8) is 0 Å². The second-order valence-corrected chi connectivity index (χ2v) is 10.8. The first kappa shape index (κ1) is 27.4. The minimum Gasteiger partial charge on any atom is -0.354 e. The molecule has 0 saturated carbocycles. The highest BCUT2D eigenvalue weighted by Crippen LogP contribution is 2.18. The smallest absolute Gasteiger partial charge is 0.242 e. The number of amides is 2. The number of nitrogens with one attached hydrogen (secondary N) is 1. The highest BCUT2D eigenvalue weighted by molar-refractivity contribution is 7.92. The summed E-state index contributed by atoms with van der Waals surface area (Å²) in [4.78, 5) is 27.5. The Bertz CT molecular complexity index is 1010. The number of sulfonamides is 1. The van der Waals surface area contributed by atoms with Gasteiger partial charge in [-0.3, -0.25) is 13.9 Å². The van der Waals surface area contributed by atoms with Crippen molar-refractivity contribution in [2.75, 3.05) is 30.2 Å². The number of anilines is 1. The van der Waals surface area contributed by atoms with Gasteiger partial charge in [0.15, 0.2) is 0 Å². The molecule has 2 amide bonds. The van der Waals surface area contributed by atoms with Crippen LogP contribution in [0.5, 0.6) is 0 Å². The predicted molar refractivity (Wildman–Crippen MR) is 137 cm³/mol. The summed E-state index contributed by atoms with van der Waals surface area (Å²) in [5, 5.41) is 2.91. The predicted octanol–water partition coefficient (Wildman–Crippen LogP) is 3.46. The molecule has 0 aliphatic heterocycles. The first-order chi connectivity index (χ1) is 16.1. The maximum absolute atomic E-state index is 13.2. The van der Waals surface area contributed by atoms with E-state index in [4.69, 9.17) is 0 Å². The number of hydrogen-bond acceptors (Lipinski definition) is 4. The van der Waals surface area contributed by atoms with E-state index in [1.807, 2.05) is 50.2 Å². The van der Waals surface area contributed by atoms with Gasteiger partial charge >= 0.3 is 0 Å². The van der Waals surface area contributed by atoms with Gasteiger partial charge in [0, 0.05) is 26.1 Å². The van der Waals surface area contributed by atoms with Crippen LogP contribution in [-0.2, 0) is 26.0 Å². The Morgan fingerprint density at radius 2 is 1.50 bits per heavy atom. The molecule has 0 saturated heterocycles. The molecule has 2 rings (SSSR count). The summed E-state index contributed by atoms with van der Waals surface area (Å²) in [6, 6.07) is 18.1. The fraction of sp³-hybridized carbons (Fsp3) is 0.462. The zero-order chi connectivity index (χ0) is 25.1. The summed E-state index contributed by atoms with van der Waals surface area (Å²) in [7, 11) is -3.48. The molecule has 0 aromatic heterocycles. The quantitative estimate of drug-likeness (QED) is 0.469. The van der Waals surface area contributed by atoms with Crippen LogP contribution < -0.4 is 9.62 Å². The number of carbonyl (C=O) groups excluding carboxylic acids is 2. The standard InChI is InChI=1S/C26H37N3O4S/c1-21(2)20-27-26(31)22(3)28(19-17-23-12-7-5-8-13-23)25(30)16-11-18-29(34(4,32)33)24-14-9-6-10-15-24/h5-10,12-15,21-22H,11,16-20H2,1-4H3,(H,27,31). The van der Waals surface area contributed by atoms with Gasteiger partial charge in [-0.15, -0.1) is 0 Å². The van der Waals surface area contributed by atoms with Crippen molar-refractivity contribution in [1.29, 1.82) is 0 Å². The molecular formula is C26H37N3O4S. The van der Waals surface area contributed by atoms with Crippen LogP contribution in [0.1, 0.15) is 39.2 Å². The Labute approximate surface area is 204 Å². The molecule has 8 heteroatoms. The van der Waals surface area contributed by atoms with Crippen molar-refractivity contribution in [1.82, 2.24) is 10.2 Å². The molecule has 0 spiro atoms. The van der Waals surface area contributed by atoms with Crippen molar-refractivity contribution in [3.05, 3.63) is 66.2 Å². The minimum atomic E-state index is -3.48. The molecule has 2 aromatic rings. The molecule has 1 unspecified atom stereocenters. The average Bonchev–Trinajstić information content (AvgIpc) is 2.80. The Morgan fingerprint density at radius 1 is 0.912 bits per heavy atom. The monoisotopic (exact) mass is 487 g/mol. The van der Waals surface area contributed by atoms with Crippen LogP contribution in [0, 0.1) is 5.92 Å². The highest BCUT2D eigenvalue weighted by Gasteiger charge is 2.26. The molecule has 0 fully saturated rings. The van der Waals surface area contributed by atoms with Crippen molar-refractivity contribution >= 4 is 27.5 Å². The number of nitrogens with zero attached hydrogens (tertiary/aromatic N) is 2. The lowest BCUT2D eigenvalue weighted by Crippen LogP contribution is -2.49. The van der Waals surface area contributed by atoms with Crippen LogP contribution in [-0.4, -0.2) is 57.1 Å². The third-order valence-corrected chi connectivity index (χ3v) is 6.73. The molecule has 186 valence electrons. The summed E-state index contributed by atoms with van der Waals surface area (Å²) < 4.78 is 25.9. The van der Waals surface area contributed by atoms with Crippen molar-refractivity contribution < 1.29 is 18.0 Å². The molecule has 0 aliphatic rings. The average molecular weight is 488 g/mol. The second-order valence-electron chi connectivity index (χ2n) is 8.91. The van der Waals surface area contributed by atoms with Crippen LogP contribution in [0.4, 0.5) is 5.69 Å². The zero-order valence-corrected chi connectivity index (χ0v) is 21.4. The Kier molecular flexibility index (Phi) is 10.6. The van der Waals surface area contributed by atoms with Crippen molar-refractivity contribution in [2.24, 2.45) is 5.92 Å². The molecule has 1 N–H and O–H groups in total. The molecule has 0 heterocycles. The van der Waals surface area contributed by atoms with Gasteiger partial charge in [-0.2, -0.15) is 0 Å². The van der Waals surface area contributed by atoms with E-state index >= 15 is 0 Å². The topological polar surface area (TPSA) is 86.8 Å². The fourth-order valence-corrected chi connectivity index (χ4v) is 4.59. The van der Waals surface area contributed by atoms with Crippen LogP contribution in [0.25, 0.3) is 0 Å². The molecule has 0 aliphatic carbocycles. The minimum absolute atomic E-state index is 0.148. The van der Waals surface area contributed by atoms with E-state index in [2.05, 4.69) is 5.32 Å². The lowest BCUT2D eigenvalue weighted by atomic mass is 10.1. The highest BCUT2D eigenvalue weighted by atomic mass is 32.2. The maximum Gasteiger partial charge on any atom is 0.242 e. The van der Waals surface area contributed by atoms with E-state index in [0.717, 1.165) is 11.8 Å². The van der Waals surface area contributed by atoms with Crippen molar-refractivity contribution in [2.45, 2.75) is 46.1 Å². The third kappa shape index (κ3) is 8.82. The van der Waals surface area contributed by atoms with E-state index in [-0.39, 0.29) is 24.8 Å². The second kappa shape index (κ2) is 13.1. The molecule has 7 nitrogen and oxygen atoms in total. The summed E-state index contributed by atoms with van der Waals surface area (Å²) >= 11 is 0. The van der Waals surface area contributed by atoms with Gasteiger partial charge < -0.3 is 10.2 Å². The normalized spacial score (nSPS) is 12.3. The van der Waals surface area contributed by atoms with E-state index in [0.29, 0.717) is 37.5 Å². The number of para-hydroxylation sites is 1. The number of rotatable bonds is 13. The maximum atomic E-state index is 13.2. The number of hydrogen-bond donors (Lipinski definition) is 1. The number of carbonyl (C=O) groups is 2. The van der Waals surface area contributed by atoms with Gasteiger partial charge in [0.25, 0.3) is 0 Å². The Balaban J connectivity index is 2.07. The van der Waals surface area contributed by atoms with Crippen LogP contribution in [0.15, 0.2) is 60.7 Å². The van der Waals surface area contributed by atoms with Gasteiger partial charge in [-0.25, -0.2) is 8.42 Å². The Hall–Kier alpha value is -2.87. The van der Waals surface area contributed by atoms with E-state index in [1.165, 1.54) is 4.31 Å². The Morgan fingerprint density at radius 3 is 2.06 bits per heavy atom. The summed E-state index contributed by atoms with van der Waals surface area (Å²) in [6.45, 7) is 6.92. The first-order valence-corrected chi connectivity index (χ1v) is 13.6. The van der Waals surface area contributed by atoms with E-state index < -0.39 is 16.1 Å². The molecule has 0 bridgehead atoms. The molecule has 2 aromatic carbocycles. The van der Waals surface area contributed by atoms with Gasteiger partial charge in [0.1, 0.15) is 6.04 Å². The van der Waals surface area contributed by atoms with Gasteiger partial charge in [0.2, 0.25) is 21.8 Å². The fourth-order valence-electron chi connectivity index (χ4n) is 3.62. The summed E-state index contributed by atoms with van der Waals surface area (Å²) in [5.41, 5.74) is 1.65. The van der Waals surface area contributed by atoms with Crippen LogP contribution >= 0.6 is 0 Å². The summed E-state index contributed by atoms with van der Waals surface area (Å²) in [5.74, 6) is -0.0358. The molecule has 1 atom stereocenters. The van der Waals surface area contributed by atoms with E-state index in [1.54, 1.807) is 36.1 Å². The lowest BCUT2D eigenvalue weighted by molar-refractivity contribution is -0.140. The lowest BCUT2D eigenvalue weighted by Gasteiger charge is -2.29. The largest absolute Gasteiger partial charge is 0.354 e. The SMILES string of the molecule is CC(C)CNC(=O)C(C)N(CCc1ccccc1)C(=O)CCCN(c1ccccc1)S(C)(=O)=O. The zero-order valence-electron chi connectivity index (χ0n) is 20.6. The first-order valence-electron chi connectivity index (χ1n) is 11.7. The van der Waals surface area contributed by atoms with Crippen LogP contribution in [0.3, 0.4) is 0 Å². The van der Waals surface area contributed by atoms with Crippen LogP contribution in [0.2, 0.25) is 0 Å². The van der Waals surface area contributed by atoms with Gasteiger partial charge in [-0.1, -0.05) is 62.4 Å². The number of benzene rings is 2.